The third-order valence-electron chi connectivity index (χ3n) is 5.66. The van der Waals surface area contributed by atoms with Gasteiger partial charge in [0, 0.05) is 46.6 Å². The summed E-state index contributed by atoms with van der Waals surface area (Å²) in [5.41, 5.74) is 5.79. The second-order valence-corrected chi connectivity index (χ2v) is 7.39. The van der Waals surface area contributed by atoms with Crippen LogP contribution in [0.2, 0.25) is 0 Å². The van der Waals surface area contributed by atoms with Crippen molar-refractivity contribution in [3.8, 4) is 11.5 Å². The molecule has 2 N–H and O–H groups in total. The lowest BCUT2D eigenvalue weighted by atomic mass is 10.0. The molecule has 8 heteroatoms. The number of ether oxygens (including phenoxy) is 2. The number of anilines is 1. The van der Waals surface area contributed by atoms with Crippen LogP contribution in [0, 0.1) is 5.82 Å². The molecule has 0 radical (unpaired) electrons. The third kappa shape index (κ3) is 2.43. The number of hydrogen-bond donors (Lipinski definition) is 2. The van der Waals surface area contributed by atoms with E-state index in [0.717, 1.165) is 34.5 Å². The summed E-state index contributed by atoms with van der Waals surface area (Å²) in [6.45, 7) is 3.44. The standard InChI is InChI=1S/C22H18FN5O2/c1-12-14(3-2-6-24-12)15-7-19-22(28-21(15)26-11-27-28)25-8-16-17(23)4-5-18-20(16)13(9-29-18)10-30-19/h2-5,7,10-11,24-25H,6,8-9H2,1H3/b13-10+. The number of pyridine rings is 1. The van der Waals surface area contributed by atoms with Gasteiger partial charge in [0.1, 0.15) is 24.5 Å². The molecule has 2 aromatic heterocycles. The summed E-state index contributed by atoms with van der Waals surface area (Å²) in [4.78, 5) is 4.47. The smallest absolute Gasteiger partial charge is 0.173 e. The van der Waals surface area contributed by atoms with Gasteiger partial charge in [0.25, 0.3) is 0 Å². The summed E-state index contributed by atoms with van der Waals surface area (Å²) in [6.07, 6.45) is 7.29. The van der Waals surface area contributed by atoms with Crippen molar-refractivity contribution in [3.05, 3.63) is 71.1 Å². The van der Waals surface area contributed by atoms with Gasteiger partial charge in [-0.15, -0.1) is 0 Å². The Hall–Kier alpha value is -3.81. The first-order valence-corrected chi connectivity index (χ1v) is 9.73. The Kier molecular flexibility index (Phi) is 3.61. The molecule has 0 bridgehead atoms. The summed E-state index contributed by atoms with van der Waals surface area (Å²) in [5.74, 6) is 1.58. The van der Waals surface area contributed by atoms with E-state index in [4.69, 9.17) is 9.47 Å². The van der Waals surface area contributed by atoms with Crippen molar-refractivity contribution in [2.45, 2.75) is 13.5 Å². The number of dihydropyridines is 1. The SMILES string of the molecule is CC1=C(c2cc3c(n4ncnc24)NCc2c(F)ccc4c2/C(=C/O3)CO4)C=CCN1. The van der Waals surface area contributed by atoms with Crippen LogP contribution in [0.4, 0.5) is 10.2 Å². The highest BCUT2D eigenvalue weighted by Crippen LogP contribution is 2.40. The van der Waals surface area contributed by atoms with E-state index in [1.165, 1.54) is 12.4 Å². The van der Waals surface area contributed by atoms with Crippen LogP contribution in [0.15, 0.2) is 48.6 Å². The molecule has 0 saturated carbocycles. The normalized spacial score (nSPS) is 18.7. The molecule has 6 rings (SSSR count). The zero-order chi connectivity index (χ0) is 20.2. The summed E-state index contributed by atoms with van der Waals surface area (Å²) < 4.78 is 28.2. The predicted molar refractivity (Wildman–Crippen MR) is 111 cm³/mol. The van der Waals surface area contributed by atoms with Crippen molar-refractivity contribution >= 4 is 22.6 Å². The van der Waals surface area contributed by atoms with Gasteiger partial charge in [-0.05, 0) is 25.1 Å². The third-order valence-corrected chi connectivity index (χ3v) is 5.66. The van der Waals surface area contributed by atoms with E-state index in [-0.39, 0.29) is 12.4 Å². The maximum atomic E-state index is 14.7. The first-order chi connectivity index (χ1) is 14.7. The van der Waals surface area contributed by atoms with Crippen LogP contribution in [0.1, 0.15) is 23.6 Å². The van der Waals surface area contributed by atoms with Crippen LogP contribution in [-0.4, -0.2) is 27.7 Å². The van der Waals surface area contributed by atoms with Crippen molar-refractivity contribution in [3.63, 3.8) is 0 Å². The van der Waals surface area contributed by atoms with Gasteiger partial charge in [-0.1, -0.05) is 12.2 Å². The number of fused-ring (bicyclic) bond motifs is 3. The van der Waals surface area contributed by atoms with Crippen LogP contribution in [-0.2, 0) is 6.54 Å². The quantitative estimate of drug-likeness (QED) is 0.648. The van der Waals surface area contributed by atoms with E-state index in [1.54, 1.807) is 16.8 Å². The number of hydrogen-bond acceptors (Lipinski definition) is 6. The number of benzene rings is 1. The van der Waals surface area contributed by atoms with Gasteiger partial charge in [-0.2, -0.15) is 9.61 Å². The summed E-state index contributed by atoms with van der Waals surface area (Å²) >= 11 is 0. The largest absolute Gasteiger partial charge is 0.488 e. The number of halogens is 1. The Bertz CT molecular complexity index is 1300. The van der Waals surface area contributed by atoms with Crippen molar-refractivity contribution < 1.29 is 13.9 Å². The molecule has 30 heavy (non-hydrogen) atoms. The second-order valence-electron chi connectivity index (χ2n) is 7.39. The second kappa shape index (κ2) is 6.35. The summed E-state index contributed by atoms with van der Waals surface area (Å²) in [7, 11) is 0. The molecule has 0 spiro atoms. The summed E-state index contributed by atoms with van der Waals surface area (Å²) in [6, 6.07) is 5.04. The van der Waals surface area contributed by atoms with Crippen LogP contribution in [0.5, 0.6) is 11.5 Å². The molecule has 7 nitrogen and oxygen atoms in total. The minimum absolute atomic E-state index is 0.267. The number of rotatable bonds is 1. The van der Waals surface area contributed by atoms with Gasteiger partial charge in [-0.3, -0.25) is 0 Å². The molecule has 0 amide bonds. The van der Waals surface area contributed by atoms with Crippen molar-refractivity contribution in [1.29, 1.82) is 0 Å². The number of aromatic nitrogens is 3. The first kappa shape index (κ1) is 17.1. The van der Waals surface area contributed by atoms with Crippen molar-refractivity contribution in [2.24, 2.45) is 0 Å². The predicted octanol–water partition coefficient (Wildman–Crippen LogP) is 3.50. The fourth-order valence-corrected chi connectivity index (χ4v) is 4.18. The number of nitrogens with zero attached hydrogens (tertiary/aromatic N) is 3. The molecule has 0 saturated heterocycles. The lowest BCUT2D eigenvalue weighted by Crippen LogP contribution is -2.16. The van der Waals surface area contributed by atoms with E-state index >= 15 is 0 Å². The van der Waals surface area contributed by atoms with Crippen molar-refractivity contribution in [2.75, 3.05) is 18.5 Å². The zero-order valence-electron chi connectivity index (χ0n) is 16.2. The molecule has 3 aromatic rings. The Morgan fingerprint density at radius 1 is 1.20 bits per heavy atom. The van der Waals surface area contributed by atoms with Gasteiger partial charge >= 0.3 is 0 Å². The highest BCUT2D eigenvalue weighted by Gasteiger charge is 2.27. The Labute approximate surface area is 171 Å². The van der Waals surface area contributed by atoms with Crippen molar-refractivity contribution in [1.82, 2.24) is 19.9 Å². The fraction of sp³-hybridized carbons (Fsp3) is 0.182. The molecule has 0 aliphatic carbocycles. The zero-order valence-corrected chi connectivity index (χ0v) is 16.2. The van der Waals surface area contributed by atoms with Gasteiger partial charge < -0.3 is 20.1 Å². The van der Waals surface area contributed by atoms with Gasteiger partial charge in [0.05, 0.1) is 6.26 Å². The first-order valence-electron chi connectivity index (χ1n) is 9.73. The number of nitrogens with one attached hydrogen (secondary N) is 2. The van der Waals surface area contributed by atoms with E-state index in [2.05, 4.69) is 32.9 Å². The minimum atomic E-state index is -0.285. The highest BCUT2D eigenvalue weighted by atomic mass is 19.1. The average Bonchev–Trinajstić information content (AvgIpc) is 3.40. The topological polar surface area (TPSA) is 72.7 Å². The molecule has 150 valence electrons. The maximum Gasteiger partial charge on any atom is 0.173 e. The molecule has 0 atom stereocenters. The molecule has 0 unspecified atom stereocenters. The fourth-order valence-electron chi connectivity index (χ4n) is 4.18. The van der Waals surface area contributed by atoms with Crippen LogP contribution < -0.4 is 20.1 Å². The molecular formula is C22H18FN5O2. The molecule has 0 fully saturated rings. The van der Waals surface area contributed by atoms with Crippen LogP contribution in [0.25, 0.3) is 16.8 Å². The van der Waals surface area contributed by atoms with Crippen LogP contribution >= 0.6 is 0 Å². The Morgan fingerprint density at radius 2 is 2.13 bits per heavy atom. The lowest BCUT2D eigenvalue weighted by Gasteiger charge is -2.18. The Morgan fingerprint density at radius 3 is 3.03 bits per heavy atom. The van der Waals surface area contributed by atoms with Gasteiger partial charge in [0.15, 0.2) is 17.2 Å². The Balaban J connectivity index is 1.56. The molecular weight excluding hydrogens is 385 g/mol. The molecule has 3 aliphatic heterocycles. The number of allylic oxidation sites excluding steroid dienone is 3. The van der Waals surface area contributed by atoms with Crippen LogP contribution in [0.3, 0.4) is 0 Å². The summed E-state index contributed by atoms with van der Waals surface area (Å²) in [5, 5.41) is 11.1. The highest BCUT2D eigenvalue weighted by molar-refractivity contribution is 5.86. The van der Waals surface area contributed by atoms with Gasteiger partial charge in [0.2, 0.25) is 0 Å². The minimum Gasteiger partial charge on any atom is -0.488 e. The van der Waals surface area contributed by atoms with E-state index in [1.807, 2.05) is 13.0 Å². The van der Waals surface area contributed by atoms with E-state index in [0.29, 0.717) is 35.1 Å². The lowest BCUT2D eigenvalue weighted by molar-refractivity contribution is 0.384. The maximum absolute atomic E-state index is 14.7. The molecule has 3 aliphatic rings. The van der Waals surface area contributed by atoms with E-state index < -0.39 is 0 Å². The average molecular weight is 403 g/mol. The van der Waals surface area contributed by atoms with E-state index in [9.17, 15) is 4.39 Å². The monoisotopic (exact) mass is 403 g/mol. The molecule has 1 aromatic carbocycles. The molecule has 5 heterocycles. The van der Waals surface area contributed by atoms with Gasteiger partial charge in [-0.25, -0.2) is 9.37 Å².